The van der Waals surface area contributed by atoms with E-state index in [-0.39, 0.29) is 12.5 Å². The van der Waals surface area contributed by atoms with Gasteiger partial charge in [-0.25, -0.2) is 0 Å². The molecule has 1 aliphatic rings. The Morgan fingerprint density at radius 3 is 2.94 bits per heavy atom. The zero-order valence-corrected chi connectivity index (χ0v) is 10.8. The Hall–Kier alpha value is -1.71. The molecule has 1 aromatic rings. The lowest BCUT2D eigenvalue weighted by Gasteiger charge is -2.29. The maximum atomic E-state index is 11.9. The van der Waals surface area contributed by atoms with Gasteiger partial charge in [-0.2, -0.15) is 0 Å². The van der Waals surface area contributed by atoms with Crippen LogP contribution in [0, 0.1) is 0 Å². The number of anilines is 2. The molecule has 4 heteroatoms. The third kappa shape index (κ3) is 2.75. The number of benzene rings is 1. The van der Waals surface area contributed by atoms with Crippen molar-refractivity contribution < 1.29 is 9.53 Å². The van der Waals surface area contributed by atoms with Gasteiger partial charge in [0.15, 0.2) is 6.61 Å². The van der Waals surface area contributed by atoms with Gasteiger partial charge in [0, 0.05) is 12.2 Å². The van der Waals surface area contributed by atoms with Crippen LogP contribution in [0.3, 0.4) is 0 Å². The number of unbranched alkanes of at least 4 members (excludes halogenated alkanes) is 3. The van der Waals surface area contributed by atoms with Crippen LogP contribution in [0.2, 0.25) is 0 Å². The average molecular weight is 248 g/mol. The van der Waals surface area contributed by atoms with Crippen LogP contribution in [-0.4, -0.2) is 19.1 Å². The van der Waals surface area contributed by atoms with Gasteiger partial charge in [-0.05, 0) is 24.6 Å². The van der Waals surface area contributed by atoms with Crippen molar-refractivity contribution in [1.29, 1.82) is 0 Å². The predicted octanol–water partition coefficient (Wildman–Crippen LogP) is 2.57. The first-order chi connectivity index (χ1) is 8.72. The number of rotatable bonds is 5. The number of fused-ring (bicyclic) bond motifs is 1. The van der Waals surface area contributed by atoms with Gasteiger partial charge in [0.2, 0.25) is 0 Å². The van der Waals surface area contributed by atoms with Crippen LogP contribution in [0.5, 0.6) is 5.75 Å². The van der Waals surface area contributed by atoms with Gasteiger partial charge in [-0.1, -0.05) is 26.2 Å². The number of nitrogens with zero attached hydrogens (tertiary/aromatic N) is 1. The van der Waals surface area contributed by atoms with Gasteiger partial charge in [0.25, 0.3) is 5.91 Å². The Morgan fingerprint density at radius 2 is 2.17 bits per heavy atom. The van der Waals surface area contributed by atoms with Crippen LogP contribution in [-0.2, 0) is 4.79 Å². The van der Waals surface area contributed by atoms with Crippen LogP contribution in [0.15, 0.2) is 18.2 Å². The van der Waals surface area contributed by atoms with Crippen LogP contribution in [0.25, 0.3) is 0 Å². The quantitative estimate of drug-likeness (QED) is 0.643. The smallest absolute Gasteiger partial charge is 0.265 e. The van der Waals surface area contributed by atoms with E-state index in [9.17, 15) is 4.79 Å². The van der Waals surface area contributed by atoms with Crippen LogP contribution in [0.4, 0.5) is 11.4 Å². The first-order valence-corrected chi connectivity index (χ1v) is 6.55. The molecule has 0 radical (unpaired) electrons. The van der Waals surface area contributed by atoms with Crippen LogP contribution >= 0.6 is 0 Å². The molecule has 0 bridgehead atoms. The van der Waals surface area contributed by atoms with E-state index < -0.39 is 0 Å². The fourth-order valence-electron chi connectivity index (χ4n) is 2.16. The van der Waals surface area contributed by atoms with E-state index in [4.69, 9.17) is 10.5 Å². The number of ether oxygens (including phenoxy) is 1. The second-order valence-electron chi connectivity index (χ2n) is 4.62. The summed E-state index contributed by atoms with van der Waals surface area (Å²) in [5.74, 6) is 0.767. The molecule has 2 N–H and O–H groups in total. The van der Waals surface area contributed by atoms with Crippen molar-refractivity contribution in [3.05, 3.63) is 18.2 Å². The third-order valence-electron chi connectivity index (χ3n) is 3.16. The van der Waals surface area contributed by atoms with Gasteiger partial charge in [0.1, 0.15) is 5.75 Å². The second-order valence-corrected chi connectivity index (χ2v) is 4.62. The molecule has 0 spiro atoms. The van der Waals surface area contributed by atoms with Crippen molar-refractivity contribution in [3.63, 3.8) is 0 Å². The van der Waals surface area contributed by atoms with Crippen molar-refractivity contribution >= 4 is 17.3 Å². The lowest BCUT2D eigenvalue weighted by Crippen LogP contribution is -2.39. The van der Waals surface area contributed by atoms with Crippen molar-refractivity contribution in [3.8, 4) is 5.75 Å². The Morgan fingerprint density at radius 1 is 1.33 bits per heavy atom. The number of hydrogen-bond acceptors (Lipinski definition) is 3. The number of carbonyl (C=O) groups is 1. The standard InChI is InChI=1S/C14H20N2O2/c1-2-3-4-5-8-16-12-9-11(15)6-7-13(12)18-10-14(16)17/h6-7,9H,2-5,8,10,15H2,1H3. The van der Waals surface area contributed by atoms with Crippen molar-refractivity contribution in [2.75, 3.05) is 23.8 Å². The maximum Gasteiger partial charge on any atom is 0.265 e. The van der Waals surface area contributed by atoms with Gasteiger partial charge in [0.05, 0.1) is 5.69 Å². The monoisotopic (exact) mass is 248 g/mol. The molecule has 0 unspecified atom stereocenters. The van der Waals surface area contributed by atoms with E-state index in [1.165, 1.54) is 12.8 Å². The van der Waals surface area contributed by atoms with E-state index >= 15 is 0 Å². The first-order valence-electron chi connectivity index (χ1n) is 6.55. The lowest BCUT2D eigenvalue weighted by atomic mass is 10.1. The number of amides is 1. The largest absolute Gasteiger partial charge is 0.482 e. The van der Waals surface area contributed by atoms with Crippen molar-refractivity contribution in [2.24, 2.45) is 0 Å². The van der Waals surface area contributed by atoms with Gasteiger partial charge in [-0.3, -0.25) is 4.79 Å². The second kappa shape index (κ2) is 5.76. The third-order valence-corrected chi connectivity index (χ3v) is 3.16. The SMILES string of the molecule is CCCCCCN1C(=O)COc2ccc(N)cc21. The zero-order valence-electron chi connectivity index (χ0n) is 10.8. The van der Waals surface area contributed by atoms with Crippen molar-refractivity contribution in [2.45, 2.75) is 32.6 Å². The highest BCUT2D eigenvalue weighted by Crippen LogP contribution is 2.33. The normalized spacial score (nSPS) is 14.3. The molecule has 1 aliphatic heterocycles. The molecule has 0 fully saturated rings. The Bertz CT molecular complexity index is 432. The Labute approximate surface area is 108 Å². The van der Waals surface area contributed by atoms with E-state index in [1.54, 1.807) is 11.0 Å². The van der Waals surface area contributed by atoms with E-state index in [1.807, 2.05) is 12.1 Å². The average Bonchev–Trinajstić information content (AvgIpc) is 2.36. The molecule has 0 saturated heterocycles. The molecule has 0 aliphatic carbocycles. The summed E-state index contributed by atoms with van der Waals surface area (Å²) in [5, 5.41) is 0. The molecule has 0 aromatic heterocycles. The molecular formula is C14H20N2O2. The maximum absolute atomic E-state index is 11.9. The Balaban J connectivity index is 2.09. The summed E-state index contributed by atoms with van der Waals surface area (Å²) in [6, 6.07) is 5.44. The van der Waals surface area contributed by atoms with Gasteiger partial charge in [-0.15, -0.1) is 0 Å². The molecular weight excluding hydrogens is 228 g/mol. The summed E-state index contributed by atoms with van der Waals surface area (Å²) in [6.45, 7) is 3.05. The minimum absolute atomic E-state index is 0.0181. The summed E-state index contributed by atoms with van der Waals surface area (Å²) < 4.78 is 5.40. The number of carbonyl (C=O) groups excluding carboxylic acids is 1. The molecule has 0 atom stereocenters. The summed E-state index contributed by atoms with van der Waals surface area (Å²) in [7, 11) is 0. The van der Waals surface area contributed by atoms with Crippen LogP contribution < -0.4 is 15.4 Å². The van der Waals surface area contributed by atoms with Gasteiger partial charge < -0.3 is 15.4 Å². The topological polar surface area (TPSA) is 55.6 Å². The van der Waals surface area contributed by atoms with Gasteiger partial charge >= 0.3 is 0 Å². The fraction of sp³-hybridized carbons (Fsp3) is 0.500. The van der Waals surface area contributed by atoms with Crippen molar-refractivity contribution in [1.82, 2.24) is 0 Å². The Kier molecular flexibility index (Phi) is 4.07. The molecule has 18 heavy (non-hydrogen) atoms. The van der Waals surface area contributed by atoms with Crippen LogP contribution in [0.1, 0.15) is 32.6 Å². The molecule has 0 saturated carbocycles. The first kappa shape index (κ1) is 12.7. The molecule has 1 amide bonds. The highest BCUT2D eigenvalue weighted by Gasteiger charge is 2.24. The molecule has 2 rings (SSSR count). The molecule has 1 heterocycles. The van der Waals surface area contributed by atoms with E-state index in [0.717, 1.165) is 30.8 Å². The van der Waals surface area contributed by atoms with E-state index in [2.05, 4.69) is 6.92 Å². The zero-order chi connectivity index (χ0) is 13.0. The summed E-state index contributed by atoms with van der Waals surface area (Å²) in [5.41, 5.74) is 7.24. The number of hydrogen-bond donors (Lipinski definition) is 1. The molecule has 98 valence electrons. The molecule has 4 nitrogen and oxygen atoms in total. The summed E-state index contributed by atoms with van der Waals surface area (Å²) in [6.07, 6.45) is 4.58. The summed E-state index contributed by atoms with van der Waals surface area (Å²) >= 11 is 0. The predicted molar refractivity (Wildman–Crippen MR) is 72.8 cm³/mol. The summed E-state index contributed by atoms with van der Waals surface area (Å²) in [4.78, 5) is 13.7. The number of nitrogens with two attached hydrogens (primary N) is 1. The highest BCUT2D eigenvalue weighted by atomic mass is 16.5. The highest BCUT2D eigenvalue weighted by molar-refractivity contribution is 5.98. The lowest BCUT2D eigenvalue weighted by molar-refractivity contribution is -0.121. The minimum atomic E-state index is 0.0181. The molecule has 1 aromatic carbocycles. The fourth-order valence-corrected chi connectivity index (χ4v) is 2.16. The number of nitrogen functional groups attached to an aromatic ring is 1. The van der Waals surface area contributed by atoms with E-state index in [0.29, 0.717) is 5.69 Å². The minimum Gasteiger partial charge on any atom is -0.482 e.